The van der Waals surface area contributed by atoms with Crippen LogP contribution in [0.1, 0.15) is 54.6 Å². The third-order valence-corrected chi connectivity index (χ3v) is 4.92. The molecule has 1 aliphatic carbocycles. The fraction of sp³-hybridized carbons (Fsp3) is 0.647. The van der Waals surface area contributed by atoms with Crippen LogP contribution in [0.4, 0.5) is 0 Å². The largest absolute Gasteiger partial charge is 0.300 e. The number of carbonyl (C=O) groups is 1. The number of Topliss-reactive ketones (excluding diaryl/α,β-unsaturated/α-hetero) is 1. The first kappa shape index (κ1) is 13.7. The van der Waals surface area contributed by atoms with E-state index in [1.54, 1.807) is 6.20 Å². The monoisotopic (exact) mass is 272 g/mol. The van der Waals surface area contributed by atoms with Crippen molar-refractivity contribution in [1.82, 2.24) is 9.88 Å². The summed E-state index contributed by atoms with van der Waals surface area (Å²) in [6.45, 7) is 4.23. The van der Waals surface area contributed by atoms with Gasteiger partial charge in [0.05, 0.1) is 0 Å². The lowest BCUT2D eigenvalue weighted by Crippen LogP contribution is -2.40. The molecule has 20 heavy (non-hydrogen) atoms. The molecule has 1 saturated heterocycles. The average Bonchev–Trinajstić information content (AvgIpc) is 2.63. The number of hydrogen-bond acceptors (Lipinski definition) is 3. The minimum Gasteiger partial charge on any atom is -0.300 e. The molecule has 1 aromatic rings. The van der Waals surface area contributed by atoms with Crippen LogP contribution in [0.3, 0.4) is 0 Å². The van der Waals surface area contributed by atoms with Crippen molar-refractivity contribution >= 4 is 5.78 Å². The molecule has 1 saturated carbocycles. The summed E-state index contributed by atoms with van der Waals surface area (Å²) in [5.74, 6) is 0.498. The van der Waals surface area contributed by atoms with E-state index in [-0.39, 0.29) is 5.92 Å². The molecule has 108 valence electrons. The quantitative estimate of drug-likeness (QED) is 0.792. The van der Waals surface area contributed by atoms with Gasteiger partial charge in [0.15, 0.2) is 5.78 Å². The summed E-state index contributed by atoms with van der Waals surface area (Å²) in [5.41, 5.74) is 1.76. The maximum absolute atomic E-state index is 12.6. The molecule has 0 spiro atoms. The second kappa shape index (κ2) is 6.04. The van der Waals surface area contributed by atoms with Gasteiger partial charge < -0.3 is 4.90 Å². The Morgan fingerprint density at radius 1 is 1.15 bits per heavy atom. The fourth-order valence-electron chi connectivity index (χ4n) is 3.35. The number of aryl methyl sites for hydroxylation is 1. The fourth-order valence-corrected chi connectivity index (χ4v) is 3.35. The lowest BCUT2D eigenvalue weighted by atomic mass is 9.90. The highest BCUT2D eigenvalue weighted by atomic mass is 16.1. The zero-order chi connectivity index (χ0) is 13.9. The number of likely N-dealkylation sites (tertiary alicyclic amines) is 1. The lowest BCUT2D eigenvalue weighted by molar-refractivity contribution is 0.0898. The van der Waals surface area contributed by atoms with Gasteiger partial charge in [-0.25, -0.2) is 0 Å². The van der Waals surface area contributed by atoms with E-state index < -0.39 is 0 Å². The molecule has 0 radical (unpaired) electrons. The number of ketones is 1. The molecule has 1 aliphatic heterocycles. The Balaban J connectivity index is 1.62. The minimum atomic E-state index is 0.199. The van der Waals surface area contributed by atoms with Crippen LogP contribution in [0.5, 0.6) is 0 Å². The van der Waals surface area contributed by atoms with E-state index in [1.165, 1.54) is 25.8 Å². The van der Waals surface area contributed by atoms with E-state index in [0.717, 1.165) is 43.1 Å². The Morgan fingerprint density at radius 3 is 2.65 bits per heavy atom. The van der Waals surface area contributed by atoms with Crippen LogP contribution in [0.15, 0.2) is 18.3 Å². The van der Waals surface area contributed by atoms with Crippen LogP contribution in [-0.4, -0.2) is 34.8 Å². The Hall–Kier alpha value is -1.22. The van der Waals surface area contributed by atoms with E-state index in [9.17, 15) is 4.79 Å². The highest BCUT2D eigenvalue weighted by Crippen LogP contribution is 2.29. The molecule has 1 aromatic heterocycles. The summed E-state index contributed by atoms with van der Waals surface area (Å²) < 4.78 is 0. The first-order chi connectivity index (χ1) is 9.74. The van der Waals surface area contributed by atoms with Crippen molar-refractivity contribution in [1.29, 1.82) is 0 Å². The van der Waals surface area contributed by atoms with E-state index in [0.29, 0.717) is 5.78 Å². The molecule has 0 amide bonds. The summed E-state index contributed by atoms with van der Waals surface area (Å²) in [4.78, 5) is 19.4. The Morgan fingerprint density at radius 2 is 2.00 bits per heavy atom. The molecule has 0 N–H and O–H groups in total. The number of pyridine rings is 1. The lowest BCUT2D eigenvalue weighted by Gasteiger charge is -2.36. The molecule has 0 aromatic carbocycles. The van der Waals surface area contributed by atoms with E-state index in [2.05, 4.69) is 9.88 Å². The van der Waals surface area contributed by atoms with Crippen molar-refractivity contribution in [2.75, 3.05) is 13.1 Å². The summed E-state index contributed by atoms with van der Waals surface area (Å²) >= 11 is 0. The molecule has 3 rings (SSSR count). The van der Waals surface area contributed by atoms with Gasteiger partial charge in [0.25, 0.3) is 0 Å². The van der Waals surface area contributed by atoms with Gasteiger partial charge in [-0.2, -0.15) is 0 Å². The molecule has 2 aliphatic rings. The Kier molecular flexibility index (Phi) is 4.16. The van der Waals surface area contributed by atoms with Crippen LogP contribution in [0.2, 0.25) is 0 Å². The Labute approximate surface area is 121 Å². The third kappa shape index (κ3) is 2.93. The second-order valence-corrected chi connectivity index (χ2v) is 6.30. The normalized spacial score (nSPS) is 24.9. The summed E-state index contributed by atoms with van der Waals surface area (Å²) in [5, 5.41) is 0. The third-order valence-electron chi connectivity index (χ3n) is 4.92. The smallest absolute Gasteiger partial charge is 0.167 e. The van der Waals surface area contributed by atoms with Gasteiger partial charge in [-0.3, -0.25) is 9.78 Å². The predicted molar refractivity (Wildman–Crippen MR) is 79.9 cm³/mol. The number of carbonyl (C=O) groups excluding carboxylic acids is 1. The van der Waals surface area contributed by atoms with Gasteiger partial charge in [0, 0.05) is 29.4 Å². The molecule has 3 heteroatoms. The summed E-state index contributed by atoms with van der Waals surface area (Å²) in [6.07, 6.45) is 9.07. The van der Waals surface area contributed by atoms with E-state index >= 15 is 0 Å². The molecule has 2 fully saturated rings. The van der Waals surface area contributed by atoms with E-state index in [1.807, 2.05) is 19.1 Å². The number of hydrogen-bond donors (Lipinski definition) is 0. The van der Waals surface area contributed by atoms with Crippen LogP contribution < -0.4 is 0 Å². The van der Waals surface area contributed by atoms with Crippen molar-refractivity contribution in [2.24, 2.45) is 5.92 Å². The maximum Gasteiger partial charge on any atom is 0.167 e. The van der Waals surface area contributed by atoms with Crippen LogP contribution >= 0.6 is 0 Å². The topological polar surface area (TPSA) is 33.2 Å². The van der Waals surface area contributed by atoms with Crippen molar-refractivity contribution in [2.45, 2.75) is 51.5 Å². The van der Waals surface area contributed by atoms with Gasteiger partial charge in [-0.05, 0) is 64.3 Å². The minimum absolute atomic E-state index is 0.199. The second-order valence-electron chi connectivity index (χ2n) is 6.30. The zero-order valence-corrected chi connectivity index (χ0v) is 12.3. The molecule has 3 nitrogen and oxygen atoms in total. The van der Waals surface area contributed by atoms with Crippen LogP contribution in [0.25, 0.3) is 0 Å². The van der Waals surface area contributed by atoms with Crippen molar-refractivity contribution in [3.05, 3.63) is 29.6 Å². The number of rotatable bonds is 3. The van der Waals surface area contributed by atoms with Crippen molar-refractivity contribution < 1.29 is 4.79 Å². The molecule has 1 atom stereocenters. The molecular formula is C17H24N2O. The maximum atomic E-state index is 12.6. The SMILES string of the molecule is Cc1ccc(C(=O)C2CCCN(C3CCC3)CC2)cn1. The van der Waals surface area contributed by atoms with Crippen LogP contribution in [-0.2, 0) is 0 Å². The zero-order valence-electron chi connectivity index (χ0n) is 12.3. The summed E-state index contributed by atoms with van der Waals surface area (Å²) in [6, 6.07) is 4.68. The predicted octanol–water partition coefficient (Wildman–Crippen LogP) is 3.23. The highest BCUT2D eigenvalue weighted by molar-refractivity contribution is 5.97. The average molecular weight is 272 g/mol. The van der Waals surface area contributed by atoms with Gasteiger partial charge in [0.2, 0.25) is 0 Å². The first-order valence-corrected chi connectivity index (χ1v) is 7.95. The van der Waals surface area contributed by atoms with Gasteiger partial charge >= 0.3 is 0 Å². The molecule has 2 heterocycles. The summed E-state index contributed by atoms with van der Waals surface area (Å²) in [7, 11) is 0. The molecule has 1 unspecified atom stereocenters. The molecular weight excluding hydrogens is 248 g/mol. The van der Waals surface area contributed by atoms with Gasteiger partial charge in [-0.1, -0.05) is 6.42 Å². The Bertz CT molecular complexity index is 464. The first-order valence-electron chi connectivity index (χ1n) is 7.95. The number of aromatic nitrogens is 1. The van der Waals surface area contributed by atoms with Crippen molar-refractivity contribution in [3.63, 3.8) is 0 Å². The van der Waals surface area contributed by atoms with Crippen molar-refractivity contribution in [3.8, 4) is 0 Å². The van der Waals surface area contributed by atoms with E-state index in [4.69, 9.17) is 0 Å². The standard InChI is InChI=1S/C17H24N2O/c1-13-7-8-15(12-18-13)17(20)14-4-3-10-19(11-9-14)16-5-2-6-16/h7-8,12,14,16H,2-6,9-11H2,1H3. The van der Waals surface area contributed by atoms with Gasteiger partial charge in [-0.15, -0.1) is 0 Å². The highest BCUT2D eigenvalue weighted by Gasteiger charge is 2.29. The van der Waals surface area contributed by atoms with Crippen LogP contribution in [0, 0.1) is 12.8 Å². The number of nitrogens with zero attached hydrogens (tertiary/aromatic N) is 2. The molecule has 0 bridgehead atoms. The van der Waals surface area contributed by atoms with Gasteiger partial charge in [0.1, 0.15) is 0 Å².